The number of piperidine rings is 1. The zero-order chi connectivity index (χ0) is 24.5. The van der Waals surface area contributed by atoms with E-state index < -0.39 is 23.9 Å². The fourth-order valence-corrected chi connectivity index (χ4v) is 4.32. The number of nitrogens with zero attached hydrogens (tertiary/aromatic N) is 4. The topological polar surface area (TPSA) is 104 Å². The van der Waals surface area contributed by atoms with Crippen molar-refractivity contribution in [3.63, 3.8) is 0 Å². The largest absolute Gasteiger partial charge is 0.391 e. The van der Waals surface area contributed by atoms with E-state index in [1.165, 1.54) is 0 Å². The van der Waals surface area contributed by atoms with E-state index in [1.54, 1.807) is 16.0 Å². The highest BCUT2D eigenvalue weighted by atomic mass is 19.4. The number of nitrogens with two attached hydrogens (primary N) is 1. The van der Waals surface area contributed by atoms with E-state index in [0.717, 1.165) is 11.3 Å². The number of benzene rings is 1. The molecule has 1 unspecified atom stereocenters. The Morgan fingerprint density at radius 2 is 1.88 bits per heavy atom. The van der Waals surface area contributed by atoms with Crippen LogP contribution in [0.15, 0.2) is 30.5 Å². The van der Waals surface area contributed by atoms with Crippen LogP contribution in [0.4, 0.5) is 30.5 Å². The van der Waals surface area contributed by atoms with Gasteiger partial charge in [-0.1, -0.05) is 12.1 Å². The molecule has 0 radical (unpaired) electrons. The maximum atomic E-state index is 12.9. The highest BCUT2D eigenvalue weighted by Gasteiger charge is 2.41. The fourth-order valence-electron chi connectivity index (χ4n) is 4.32. The molecule has 2 fully saturated rings. The predicted octanol–water partition coefficient (Wildman–Crippen LogP) is 3.14. The number of likely N-dealkylation sites (tertiary alicyclic amines) is 1. The number of amides is 2. The van der Waals surface area contributed by atoms with Crippen LogP contribution in [-0.2, 0) is 16.1 Å². The van der Waals surface area contributed by atoms with Gasteiger partial charge >= 0.3 is 6.18 Å². The summed E-state index contributed by atoms with van der Waals surface area (Å²) in [5, 5.41) is 3.25. The van der Waals surface area contributed by atoms with Gasteiger partial charge in [0, 0.05) is 38.3 Å². The molecule has 2 aliphatic heterocycles. The monoisotopic (exact) mass is 476 g/mol. The fraction of sp³-hybridized carbons (Fsp3) is 0.478. The highest BCUT2D eigenvalue weighted by Crippen LogP contribution is 2.35. The maximum absolute atomic E-state index is 12.9. The minimum absolute atomic E-state index is 0.0461. The van der Waals surface area contributed by atoms with E-state index in [0.29, 0.717) is 30.4 Å². The maximum Gasteiger partial charge on any atom is 0.391 e. The minimum atomic E-state index is -4.15. The molecule has 182 valence electrons. The number of rotatable bonds is 6. The standard InChI is InChI=1S/C23H27F3N6O2/c1-14-19(11-28-22(29-14)31-8-6-17(7-9-31)23(24,25)26)30-18-4-2-15(3-5-18)12-32-13-16(21(27)34)10-20(32)33/h2-5,11,16-17,30H,6-10,12-13H2,1H3,(H2,27,34). The van der Waals surface area contributed by atoms with Crippen LogP contribution < -0.4 is 16.0 Å². The van der Waals surface area contributed by atoms with Gasteiger partial charge in [-0.05, 0) is 37.5 Å². The normalized spacial score (nSPS) is 19.5. The Labute approximate surface area is 195 Å². The number of nitrogens with one attached hydrogen (secondary N) is 1. The number of carbonyl (C=O) groups is 2. The van der Waals surface area contributed by atoms with Crippen molar-refractivity contribution in [2.45, 2.75) is 38.9 Å². The van der Waals surface area contributed by atoms with E-state index in [4.69, 9.17) is 5.73 Å². The molecule has 1 aromatic carbocycles. The molecule has 8 nitrogen and oxygen atoms in total. The quantitative estimate of drug-likeness (QED) is 0.664. The second-order valence-corrected chi connectivity index (χ2v) is 8.87. The Balaban J connectivity index is 1.34. The molecule has 0 spiro atoms. The van der Waals surface area contributed by atoms with E-state index in [9.17, 15) is 22.8 Å². The Kier molecular flexibility index (Phi) is 6.63. The average Bonchev–Trinajstić information content (AvgIpc) is 3.16. The molecule has 0 saturated carbocycles. The summed E-state index contributed by atoms with van der Waals surface area (Å²) in [7, 11) is 0. The Bertz CT molecular complexity index is 1050. The van der Waals surface area contributed by atoms with Crippen LogP contribution in [0.3, 0.4) is 0 Å². The number of alkyl halides is 3. The van der Waals surface area contributed by atoms with Gasteiger partial charge in [0.1, 0.15) is 0 Å². The summed E-state index contributed by atoms with van der Waals surface area (Å²) in [4.78, 5) is 35.7. The number of aromatic nitrogens is 2. The van der Waals surface area contributed by atoms with Gasteiger partial charge in [0.25, 0.3) is 0 Å². The van der Waals surface area contributed by atoms with Gasteiger partial charge in [-0.3, -0.25) is 9.59 Å². The molecule has 1 aromatic heterocycles. The van der Waals surface area contributed by atoms with Crippen molar-refractivity contribution in [2.75, 3.05) is 29.9 Å². The number of hydrogen-bond acceptors (Lipinski definition) is 6. The van der Waals surface area contributed by atoms with Gasteiger partial charge in [-0.15, -0.1) is 0 Å². The number of halogens is 3. The lowest BCUT2D eigenvalue weighted by Crippen LogP contribution is -2.39. The van der Waals surface area contributed by atoms with Crippen molar-refractivity contribution < 1.29 is 22.8 Å². The van der Waals surface area contributed by atoms with Crippen molar-refractivity contribution in [1.29, 1.82) is 0 Å². The van der Waals surface area contributed by atoms with Crippen molar-refractivity contribution in [3.8, 4) is 0 Å². The molecule has 11 heteroatoms. The van der Waals surface area contributed by atoms with Crippen LogP contribution in [0, 0.1) is 18.8 Å². The number of hydrogen-bond donors (Lipinski definition) is 2. The molecule has 2 aromatic rings. The van der Waals surface area contributed by atoms with Crippen LogP contribution in [0.25, 0.3) is 0 Å². The highest BCUT2D eigenvalue weighted by molar-refractivity contribution is 5.88. The zero-order valence-corrected chi connectivity index (χ0v) is 18.8. The molecule has 34 heavy (non-hydrogen) atoms. The average molecular weight is 477 g/mol. The van der Waals surface area contributed by atoms with Crippen molar-refractivity contribution in [2.24, 2.45) is 17.6 Å². The van der Waals surface area contributed by atoms with Gasteiger partial charge in [-0.25, -0.2) is 9.97 Å². The first kappa shape index (κ1) is 23.8. The Hall–Kier alpha value is -3.37. The third-order valence-electron chi connectivity index (χ3n) is 6.43. The van der Waals surface area contributed by atoms with Crippen LogP contribution in [0.1, 0.15) is 30.5 Å². The van der Waals surface area contributed by atoms with Gasteiger partial charge < -0.3 is 20.9 Å². The van der Waals surface area contributed by atoms with Crippen LogP contribution >= 0.6 is 0 Å². The summed E-state index contributed by atoms with van der Waals surface area (Å²) in [5.41, 5.74) is 8.42. The first-order chi connectivity index (χ1) is 16.1. The SMILES string of the molecule is Cc1nc(N2CCC(C(F)(F)F)CC2)ncc1Nc1ccc(CN2CC(C(N)=O)CC2=O)cc1. The third-order valence-corrected chi connectivity index (χ3v) is 6.43. The van der Waals surface area contributed by atoms with Crippen molar-refractivity contribution >= 4 is 29.1 Å². The minimum Gasteiger partial charge on any atom is -0.369 e. The molecule has 2 saturated heterocycles. The number of primary amides is 1. The molecule has 1 atom stereocenters. The van der Waals surface area contributed by atoms with Gasteiger partial charge in [0.15, 0.2) is 0 Å². The van der Waals surface area contributed by atoms with Gasteiger partial charge in [0.05, 0.1) is 29.4 Å². The van der Waals surface area contributed by atoms with Crippen LogP contribution in [0.2, 0.25) is 0 Å². The van der Waals surface area contributed by atoms with Gasteiger partial charge in [-0.2, -0.15) is 13.2 Å². The first-order valence-electron chi connectivity index (χ1n) is 11.2. The summed E-state index contributed by atoms with van der Waals surface area (Å²) in [6.45, 7) is 3.11. The van der Waals surface area contributed by atoms with E-state index in [1.807, 2.05) is 31.2 Å². The van der Waals surface area contributed by atoms with E-state index >= 15 is 0 Å². The molecule has 2 amide bonds. The van der Waals surface area contributed by atoms with Crippen LogP contribution in [0.5, 0.6) is 0 Å². The summed E-state index contributed by atoms with van der Waals surface area (Å²) in [5.74, 6) is -1.80. The molecule has 3 N–H and O–H groups in total. The lowest BCUT2D eigenvalue weighted by atomic mass is 9.96. The number of aryl methyl sites for hydroxylation is 1. The third kappa shape index (κ3) is 5.40. The Morgan fingerprint density at radius 1 is 1.21 bits per heavy atom. The molecular formula is C23H27F3N6O2. The second-order valence-electron chi connectivity index (χ2n) is 8.87. The number of anilines is 3. The predicted molar refractivity (Wildman–Crippen MR) is 120 cm³/mol. The summed E-state index contributed by atoms with van der Waals surface area (Å²) in [6, 6.07) is 7.53. The molecule has 3 heterocycles. The summed E-state index contributed by atoms with van der Waals surface area (Å²) >= 11 is 0. The van der Waals surface area contributed by atoms with E-state index in [-0.39, 0.29) is 38.3 Å². The van der Waals surface area contributed by atoms with Crippen LogP contribution in [-0.4, -0.2) is 52.5 Å². The molecule has 0 bridgehead atoms. The van der Waals surface area contributed by atoms with Crippen molar-refractivity contribution in [3.05, 3.63) is 41.7 Å². The lowest BCUT2D eigenvalue weighted by molar-refractivity contribution is -0.179. The molecular weight excluding hydrogens is 449 g/mol. The smallest absolute Gasteiger partial charge is 0.369 e. The first-order valence-corrected chi connectivity index (χ1v) is 11.2. The summed E-state index contributed by atoms with van der Waals surface area (Å²) < 4.78 is 38.7. The Morgan fingerprint density at radius 3 is 2.44 bits per heavy atom. The summed E-state index contributed by atoms with van der Waals surface area (Å²) in [6.07, 6.45) is -2.27. The zero-order valence-electron chi connectivity index (χ0n) is 18.8. The molecule has 2 aliphatic rings. The van der Waals surface area contributed by atoms with E-state index in [2.05, 4.69) is 15.3 Å². The second kappa shape index (κ2) is 9.47. The lowest BCUT2D eigenvalue weighted by Gasteiger charge is -2.33. The molecule has 0 aliphatic carbocycles. The molecule has 4 rings (SSSR count). The van der Waals surface area contributed by atoms with Crippen molar-refractivity contribution in [1.82, 2.24) is 14.9 Å². The number of carbonyl (C=O) groups excluding carboxylic acids is 2. The van der Waals surface area contributed by atoms with Gasteiger partial charge in [0.2, 0.25) is 17.8 Å².